The first-order chi connectivity index (χ1) is 26.2. The van der Waals surface area contributed by atoms with Gasteiger partial charge in [0.1, 0.15) is 11.2 Å². The van der Waals surface area contributed by atoms with Crippen LogP contribution in [0.3, 0.4) is 0 Å². The van der Waals surface area contributed by atoms with Crippen LogP contribution in [-0.4, -0.2) is 15.0 Å². The molecule has 4 nitrogen and oxygen atoms in total. The number of fused-ring (bicyclic) bond motifs is 4. The first-order valence-corrected chi connectivity index (χ1v) is 17.8. The molecule has 0 radical (unpaired) electrons. The van der Waals surface area contributed by atoms with Gasteiger partial charge in [0.05, 0.1) is 0 Å². The molecule has 0 aliphatic heterocycles. The van der Waals surface area contributed by atoms with Gasteiger partial charge in [0.25, 0.3) is 0 Å². The number of furan rings is 1. The van der Waals surface area contributed by atoms with E-state index in [1.807, 2.05) is 66.7 Å². The summed E-state index contributed by atoms with van der Waals surface area (Å²) in [6, 6.07) is 65.2. The third kappa shape index (κ3) is 5.63. The summed E-state index contributed by atoms with van der Waals surface area (Å²) in [6.07, 6.45) is 0. The zero-order valence-corrected chi connectivity index (χ0v) is 28.6. The van der Waals surface area contributed by atoms with Gasteiger partial charge in [-0.2, -0.15) is 0 Å². The van der Waals surface area contributed by atoms with Gasteiger partial charge in [-0.05, 0) is 56.8 Å². The van der Waals surface area contributed by atoms with E-state index in [-0.39, 0.29) is 0 Å². The summed E-state index contributed by atoms with van der Waals surface area (Å²) >= 11 is 0. The molecule has 0 aliphatic rings. The molecule has 0 spiro atoms. The van der Waals surface area contributed by atoms with Gasteiger partial charge in [-0.3, -0.25) is 0 Å². The first kappa shape index (κ1) is 30.6. The molecule has 0 atom stereocenters. The average molecular weight is 678 g/mol. The molecule has 0 N–H and O–H groups in total. The number of rotatable bonds is 6. The lowest BCUT2D eigenvalue weighted by Crippen LogP contribution is -2.00. The maximum absolute atomic E-state index is 6.80. The molecule has 0 unspecified atom stereocenters. The highest BCUT2D eigenvalue weighted by Gasteiger charge is 2.18. The molecule has 0 saturated carbocycles. The van der Waals surface area contributed by atoms with Crippen LogP contribution in [0.2, 0.25) is 0 Å². The highest BCUT2D eigenvalue weighted by atomic mass is 16.3. The SMILES string of the molecule is c1ccc(-c2ccc(-c3c4ccccc4cc4c3oc3cc(-c5ccc(-c6nc(-c7ccccc7)nc(-c7ccccc7)n6)cc5)ccc34)cc2)cc1. The lowest BCUT2D eigenvalue weighted by molar-refractivity contribution is 0.670. The third-order valence-electron chi connectivity index (χ3n) is 9.94. The maximum Gasteiger partial charge on any atom is 0.164 e. The van der Waals surface area contributed by atoms with Crippen molar-refractivity contribution < 1.29 is 4.42 Å². The quantitative estimate of drug-likeness (QED) is 0.176. The molecule has 0 bridgehead atoms. The van der Waals surface area contributed by atoms with E-state index in [2.05, 4.69) is 121 Å². The van der Waals surface area contributed by atoms with Crippen molar-refractivity contribution in [3.05, 3.63) is 188 Å². The van der Waals surface area contributed by atoms with Crippen LogP contribution in [-0.2, 0) is 0 Å². The third-order valence-corrected chi connectivity index (χ3v) is 9.94. The van der Waals surface area contributed by atoms with Gasteiger partial charge in [-0.1, -0.05) is 170 Å². The molecule has 0 fully saturated rings. The smallest absolute Gasteiger partial charge is 0.164 e. The van der Waals surface area contributed by atoms with Gasteiger partial charge in [0, 0.05) is 33.0 Å². The van der Waals surface area contributed by atoms with Gasteiger partial charge in [0.15, 0.2) is 17.5 Å². The van der Waals surface area contributed by atoms with Crippen molar-refractivity contribution in [2.45, 2.75) is 0 Å². The van der Waals surface area contributed by atoms with Crippen LogP contribution in [0.25, 0.3) is 100 Å². The van der Waals surface area contributed by atoms with E-state index in [4.69, 9.17) is 19.4 Å². The molecule has 53 heavy (non-hydrogen) atoms. The molecule has 4 heteroatoms. The van der Waals surface area contributed by atoms with E-state index in [0.29, 0.717) is 17.5 Å². The van der Waals surface area contributed by atoms with Crippen molar-refractivity contribution in [1.29, 1.82) is 0 Å². The standard InChI is InChI=1S/C49H31N3O/c1-4-12-32(13-5-1)33-20-24-35(25-21-33)45-41-19-11-10-18-40(41)30-43-42-29-28-39(31-44(42)53-46(43)45)34-22-26-38(27-23-34)49-51-47(36-14-6-2-7-15-36)50-48(52-49)37-16-8-3-9-17-37/h1-31H. The minimum atomic E-state index is 0.633. The number of hydrogen-bond donors (Lipinski definition) is 0. The average Bonchev–Trinajstić information content (AvgIpc) is 3.61. The Morgan fingerprint density at radius 1 is 0.302 bits per heavy atom. The molecule has 2 heterocycles. The minimum absolute atomic E-state index is 0.633. The second-order valence-electron chi connectivity index (χ2n) is 13.2. The lowest BCUT2D eigenvalue weighted by atomic mass is 9.93. The van der Waals surface area contributed by atoms with Crippen LogP contribution in [0.5, 0.6) is 0 Å². The molecule has 10 aromatic rings. The molecule has 0 aliphatic carbocycles. The van der Waals surface area contributed by atoms with Crippen molar-refractivity contribution in [2.24, 2.45) is 0 Å². The largest absolute Gasteiger partial charge is 0.455 e. The van der Waals surface area contributed by atoms with Crippen LogP contribution < -0.4 is 0 Å². The summed E-state index contributed by atoms with van der Waals surface area (Å²) in [5.74, 6) is 1.93. The number of hydrogen-bond acceptors (Lipinski definition) is 4. The Bertz CT molecular complexity index is 2840. The fourth-order valence-corrected chi connectivity index (χ4v) is 7.25. The van der Waals surface area contributed by atoms with Crippen LogP contribution in [0, 0.1) is 0 Å². The van der Waals surface area contributed by atoms with Crippen molar-refractivity contribution >= 4 is 32.7 Å². The summed E-state index contributed by atoms with van der Waals surface area (Å²) < 4.78 is 6.80. The van der Waals surface area contributed by atoms with Gasteiger partial charge < -0.3 is 4.42 Å². The Hall–Kier alpha value is -7.17. The van der Waals surface area contributed by atoms with Crippen LogP contribution in [0.15, 0.2) is 192 Å². The lowest BCUT2D eigenvalue weighted by Gasteiger charge is -2.10. The van der Waals surface area contributed by atoms with E-state index in [1.165, 1.54) is 21.9 Å². The monoisotopic (exact) mass is 677 g/mol. The maximum atomic E-state index is 6.80. The van der Waals surface area contributed by atoms with Crippen LogP contribution >= 0.6 is 0 Å². The first-order valence-electron chi connectivity index (χ1n) is 17.8. The molecule has 10 rings (SSSR count). The van der Waals surface area contributed by atoms with Crippen molar-refractivity contribution in [3.63, 3.8) is 0 Å². The van der Waals surface area contributed by atoms with Gasteiger partial charge >= 0.3 is 0 Å². The topological polar surface area (TPSA) is 51.8 Å². The van der Waals surface area contributed by atoms with Crippen LogP contribution in [0.1, 0.15) is 0 Å². The Morgan fingerprint density at radius 2 is 0.736 bits per heavy atom. The normalized spacial score (nSPS) is 11.4. The molecular formula is C49H31N3O. The second kappa shape index (κ2) is 12.9. The van der Waals surface area contributed by atoms with E-state index < -0.39 is 0 Å². The van der Waals surface area contributed by atoms with Crippen molar-refractivity contribution in [2.75, 3.05) is 0 Å². The van der Waals surface area contributed by atoms with E-state index in [9.17, 15) is 0 Å². The van der Waals surface area contributed by atoms with Gasteiger partial charge in [-0.25, -0.2) is 15.0 Å². The summed E-state index contributed by atoms with van der Waals surface area (Å²) in [4.78, 5) is 14.7. The highest BCUT2D eigenvalue weighted by Crippen LogP contribution is 2.42. The molecule has 8 aromatic carbocycles. The predicted octanol–water partition coefficient (Wildman–Crippen LogP) is 12.9. The second-order valence-corrected chi connectivity index (χ2v) is 13.2. The van der Waals surface area contributed by atoms with Gasteiger partial charge in [-0.15, -0.1) is 0 Å². The molecular weight excluding hydrogens is 647 g/mol. The van der Waals surface area contributed by atoms with Crippen molar-refractivity contribution in [3.8, 4) is 67.5 Å². The number of benzene rings is 8. The Balaban J connectivity index is 1.04. The van der Waals surface area contributed by atoms with E-state index >= 15 is 0 Å². The molecule has 2 aromatic heterocycles. The fraction of sp³-hybridized carbons (Fsp3) is 0. The predicted molar refractivity (Wildman–Crippen MR) is 217 cm³/mol. The van der Waals surface area contributed by atoms with E-state index in [1.54, 1.807) is 0 Å². The zero-order valence-electron chi connectivity index (χ0n) is 28.6. The van der Waals surface area contributed by atoms with Crippen molar-refractivity contribution in [1.82, 2.24) is 15.0 Å². The molecule has 0 saturated heterocycles. The molecule has 0 amide bonds. The number of aromatic nitrogens is 3. The summed E-state index contributed by atoms with van der Waals surface area (Å²) in [6.45, 7) is 0. The Kier molecular flexibility index (Phi) is 7.43. The Labute approximate surface area is 306 Å². The van der Waals surface area contributed by atoms with E-state index in [0.717, 1.165) is 60.9 Å². The minimum Gasteiger partial charge on any atom is -0.455 e. The van der Waals surface area contributed by atoms with Crippen LogP contribution in [0.4, 0.5) is 0 Å². The summed E-state index contributed by atoms with van der Waals surface area (Å²) in [5, 5.41) is 4.57. The fourth-order valence-electron chi connectivity index (χ4n) is 7.25. The zero-order chi connectivity index (χ0) is 35.1. The van der Waals surface area contributed by atoms with Gasteiger partial charge in [0.2, 0.25) is 0 Å². The summed E-state index contributed by atoms with van der Waals surface area (Å²) in [5.41, 5.74) is 11.4. The highest BCUT2D eigenvalue weighted by molar-refractivity contribution is 6.18. The number of nitrogens with zero attached hydrogens (tertiary/aromatic N) is 3. The molecule has 248 valence electrons. The summed E-state index contributed by atoms with van der Waals surface area (Å²) in [7, 11) is 0. The Morgan fingerprint density at radius 3 is 1.34 bits per heavy atom.